The van der Waals surface area contributed by atoms with E-state index in [1.54, 1.807) is 12.1 Å². The molecule has 0 aliphatic carbocycles. The van der Waals surface area contributed by atoms with Crippen LogP contribution >= 0.6 is 0 Å². The Morgan fingerprint density at radius 3 is 2.70 bits per heavy atom. The zero-order valence-corrected chi connectivity index (χ0v) is 10.9. The maximum Gasteiger partial charge on any atom is 0.181 e. The fourth-order valence-corrected chi connectivity index (χ4v) is 1.94. The van der Waals surface area contributed by atoms with Gasteiger partial charge in [-0.1, -0.05) is 24.3 Å². The van der Waals surface area contributed by atoms with Gasteiger partial charge in [0.15, 0.2) is 11.6 Å². The molecule has 0 saturated heterocycles. The van der Waals surface area contributed by atoms with E-state index in [1.807, 2.05) is 25.1 Å². The molecule has 3 N–H and O–H groups in total. The zero-order chi connectivity index (χ0) is 14.1. The lowest BCUT2D eigenvalue weighted by Crippen LogP contribution is -1.90. The van der Waals surface area contributed by atoms with E-state index in [0.29, 0.717) is 22.9 Å². The number of hydrogen-bond acceptors (Lipinski definition) is 3. The van der Waals surface area contributed by atoms with Crippen molar-refractivity contribution in [2.75, 3.05) is 5.73 Å². The maximum atomic E-state index is 13.2. The normalized spacial score (nSPS) is 10.7. The number of H-pyrrole nitrogens is 1. The van der Waals surface area contributed by atoms with Crippen molar-refractivity contribution in [3.63, 3.8) is 0 Å². The Morgan fingerprint density at radius 1 is 1.10 bits per heavy atom. The Kier molecular flexibility index (Phi) is 2.95. The van der Waals surface area contributed by atoms with Crippen LogP contribution in [0.4, 0.5) is 10.1 Å². The van der Waals surface area contributed by atoms with E-state index in [0.717, 1.165) is 11.1 Å². The standard InChI is InChI=1S/C15H13FN4/c1-9-5-6-11(8-13(9)17)15-18-14(19-20-15)10-3-2-4-12(16)7-10/h2-8H,17H2,1H3,(H,18,19,20). The van der Waals surface area contributed by atoms with Crippen LogP contribution in [0.2, 0.25) is 0 Å². The Morgan fingerprint density at radius 2 is 1.95 bits per heavy atom. The van der Waals surface area contributed by atoms with Crippen LogP contribution in [0.15, 0.2) is 42.5 Å². The maximum absolute atomic E-state index is 13.2. The largest absolute Gasteiger partial charge is 0.398 e. The summed E-state index contributed by atoms with van der Waals surface area (Å²) in [4.78, 5) is 4.37. The first-order valence-corrected chi connectivity index (χ1v) is 6.18. The average molecular weight is 268 g/mol. The summed E-state index contributed by atoms with van der Waals surface area (Å²) in [6.07, 6.45) is 0. The van der Waals surface area contributed by atoms with E-state index < -0.39 is 0 Å². The van der Waals surface area contributed by atoms with Crippen LogP contribution in [-0.4, -0.2) is 15.2 Å². The number of aromatic nitrogens is 3. The van der Waals surface area contributed by atoms with Crippen LogP contribution in [-0.2, 0) is 0 Å². The molecule has 0 bridgehead atoms. The van der Waals surface area contributed by atoms with Crippen molar-refractivity contribution in [2.45, 2.75) is 6.92 Å². The van der Waals surface area contributed by atoms with Crippen molar-refractivity contribution in [3.05, 3.63) is 53.8 Å². The van der Waals surface area contributed by atoms with Gasteiger partial charge in [0.1, 0.15) is 5.82 Å². The van der Waals surface area contributed by atoms with Crippen LogP contribution in [0.25, 0.3) is 22.8 Å². The Hall–Kier alpha value is -2.69. The number of nitrogens with zero attached hydrogens (tertiary/aromatic N) is 2. The van der Waals surface area contributed by atoms with Gasteiger partial charge < -0.3 is 5.73 Å². The van der Waals surface area contributed by atoms with Crippen LogP contribution < -0.4 is 5.73 Å². The SMILES string of the molecule is Cc1ccc(-c2nc(-c3cccc(F)c3)n[nH]2)cc1N. The smallest absolute Gasteiger partial charge is 0.181 e. The number of hydrogen-bond donors (Lipinski definition) is 2. The predicted molar refractivity (Wildman–Crippen MR) is 76.4 cm³/mol. The van der Waals surface area contributed by atoms with Gasteiger partial charge in [-0.25, -0.2) is 9.37 Å². The summed E-state index contributed by atoms with van der Waals surface area (Å²) in [7, 11) is 0. The minimum absolute atomic E-state index is 0.312. The molecule has 3 aromatic rings. The van der Waals surface area contributed by atoms with E-state index in [9.17, 15) is 4.39 Å². The first kappa shape index (κ1) is 12.3. The minimum Gasteiger partial charge on any atom is -0.398 e. The van der Waals surface area contributed by atoms with Gasteiger partial charge in [-0.3, -0.25) is 5.10 Å². The number of nitrogens with two attached hydrogens (primary N) is 1. The summed E-state index contributed by atoms with van der Waals surface area (Å²) in [5.74, 6) is 0.753. The molecule has 2 aromatic carbocycles. The lowest BCUT2D eigenvalue weighted by atomic mass is 10.1. The lowest BCUT2D eigenvalue weighted by molar-refractivity contribution is 0.628. The third kappa shape index (κ3) is 2.25. The van der Waals surface area contributed by atoms with Gasteiger partial charge in [0.25, 0.3) is 0 Å². The molecule has 4 nitrogen and oxygen atoms in total. The number of aromatic amines is 1. The zero-order valence-electron chi connectivity index (χ0n) is 10.9. The summed E-state index contributed by atoms with van der Waals surface area (Å²) in [5, 5.41) is 6.96. The molecule has 0 saturated carbocycles. The molecule has 100 valence electrons. The van der Waals surface area contributed by atoms with Gasteiger partial charge in [-0.15, -0.1) is 0 Å². The van der Waals surface area contributed by atoms with Crippen molar-refractivity contribution < 1.29 is 4.39 Å². The van der Waals surface area contributed by atoms with Crippen LogP contribution in [0, 0.1) is 12.7 Å². The molecule has 0 atom stereocenters. The van der Waals surface area contributed by atoms with Gasteiger partial charge >= 0.3 is 0 Å². The molecule has 0 fully saturated rings. The Labute approximate surface area is 115 Å². The second kappa shape index (κ2) is 4.77. The molecular formula is C15H13FN4. The van der Waals surface area contributed by atoms with Crippen molar-refractivity contribution in [1.29, 1.82) is 0 Å². The number of aryl methyl sites for hydroxylation is 1. The fourth-order valence-electron chi connectivity index (χ4n) is 1.94. The number of anilines is 1. The number of nitrogen functional groups attached to an aromatic ring is 1. The Bertz CT molecular complexity index is 764. The van der Waals surface area contributed by atoms with Crippen molar-refractivity contribution in [2.24, 2.45) is 0 Å². The van der Waals surface area contributed by atoms with E-state index >= 15 is 0 Å². The highest BCUT2D eigenvalue weighted by Gasteiger charge is 2.09. The number of halogens is 1. The van der Waals surface area contributed by atoms with E-state index in [1.165, 1.54) is 12.1 Å². The number of rotatable bonds is 2. The molecule has 20 heavy (non-hydrogen) atoms. The molecule has 0 aliphatic rings. The highest BCUT2D eigenvalue weighted by atomic mass is 19.1. The van der Waals surface area contributed by atoms with Crippen molar-refractivity contribution in [3.8, 4) is 22.8 Å². The number of benzene rings is 2. The highest BCUT2D eigenvalue weighted by Crippen LogP contribution is 2.23. The van der Waals surface area contributed by atoms with Crippen LogP contribution in [0.1, 0.15) is 5.56 Å². The first-order valence-electron chi connectivity index (χ1n) is 6.18. The van der Waals surface area contributed by atoms with Gasteiger partial charge in [0.05, 0.1) is 0 Å². The summed E-state index contributed by atoms with van der Waals surface area (Å²) in [6.45, 7) is 1.94. The average Bonchev–Trinajstić information content (AvgIpc) is 2.92. The van der Waals surface area contributed by atoms with Crippen LogP contribution in [0.5, 0.6) is 0 Å². The Balaban J connectivity index is 1.99. The molecule has 1 heterocycles. The van der Waals surface area contributed by atoms with Crippen molar-refractivity contribution in [1.82, 2.24) is 15.2 Å². The monoisotopic (exact) mass is 268 g/mol. The fraction of sp³-hybridized carbons (Fsp3) is 0.0667. The van der Waals surface area contributed by atoms with Gasteiger partial charge in [-0.05, 0) is 30.7 Å². The van der Waals surface area contributed by atoms with Gasteiger partial charge in [-0.2, -0.15) is 5.10 Å². The molecule has 0 amide bonds. The summed E-state index contributed by atoms with van der Waals surface area (Å²) < 4.78 is 13.2. The molecule has 0 spiro atoms. The molecule has 1 aromatic heterocycles. The highest BCUT2D eigenvalue weighted by molar-refractivity contribution is 5.65. The second-order valence-electron chi connectivity index (χ2n) is 4.59. The minimum atomic E-state index is -0.312. The second-order valence-corrected chi connectivity index (χ2v) is 4.59. The third-order valence-corrected chi connectivity index (χ3v) is 3.12. The number of nitrogens with one attached hydrogen (secondary N) is 1. The van der Waals surface area contributed by atoms with Crippen molar-refractivity contribution >= 4 is 5.69 Å². The van der Waals surface area contributed by atoms with Gasteiger partial charge in [0.2, 0.25) is 0 Å². The quantitative estimate of drug-likeness (QED) is 0.701. The third-order valence-electron chi connectivity index (χ3n) is 3.12. The summed E-state index contributed by atoms with van der Waals surface area (Å²) in [5.41, 5.74) is 9.08. The summed E-state index contributed by atoms with van der Waals surface area (Å²) >= 11 is 0. The molecular weight excluding hydrogens is 255 g/mol. The first-order chi connectivity index (χ1) is 9.63. The topological polar surface area (TPSA) is 67.6 Å². The van der Waals surface area contributed by atoms with E-state index in [-0.39, 0.29) is 5.82 Å². The predicted octanol–water partition coefficient (Wildman–Crippen LogP) is 3.17. The summed E-state index contributed by atoms with van der Waals surface area (Å²) in [6, 6.07) is 11.9. The molecule has 3 rings (SSSR count). The lowest BCUT2D eigenvalue weighted by Gasteiger charge is -2.01. The van der Waals surface area contributed by atoms with Gasteiger partial charge in [0, 0.05) is 16.8 Å². The molecule has 0 unspecified atom stereocenters. The van der Waals surface area contributed by atoms with E-state index in [4.69, 9.17) is 5.73 Å². The molecule has 0 aliphatic heterocycles. The van der Waals surface area contributed by atoms with Crippen LogP contribution in [0.3, 0.4) is 0 Å². The van der Waals surface area contributed by atoms with E-state index in [2.05, 4.69) is 15.2 Å². The molecule has 0 radical (unpaired) electrons. The molecule has 5 heteroatoms.